The highest BCUT2D eigenvalue weighted by atomic mass is 35.5. The Bertz CT molecular complexity index is 1240. The first kappa shape index (κ1) is 25.1. The molecular formula is C28H33Cl2N5O. The molecule has 3 aromatic rings. The van der Waals surface area contributed by atoms with E-state index >= 15 is 0 Å². The summed E-state index contributed by atoms with van der Waals surface area (Å²) in [6.07, 6.45) is 6.82. The standard InChI is InChI=1S/C28H33Cl2N5O/c1-17-15-35(16-18(2)34(17)3)21-9-10-22(25(30)13-21)28(36)32-20-8-11-24(29)23(12-20)27-31-14-26(33-27)19-6-4-5-7-19/h8-14,17-19H,4-7,15-16H2,1-3H3,(H,31,33)(H,32,36)/t17-,18+. The summed E-state index contributed by atoms with van der Waals surface area (Å²) in [5.41, 5.74) is 4.03. The van der Waals surface area contributed by atoms with Gasteiger partial charge in [0.25, 0.3) is 5.91 Å². The van der Waals surface area contributed by atoms with Crippen molar-refractivity contribution in [2.24, 2.45) is 0 Å². The number of carbonyl (C=O) groups excluding carboxylic acids is 1. The average Bonchev–Trinajstić information content (AvgIpc) is 3.55. The fourth-order valence-electron chi connectivity index (χ4n) is 5.40. The number of likely N-dealkylation sites (N-methyl/N-ethyl adjacent to an activating group) is 1. The van der Waals surface area contributed by atoms with Crippen LogP contribution in [0.1, 0.15) is 61.5 Å². The second-order valence-electron chi connectivity index (χ2n) is 10.2. The summed E-state index contributed by atoms with van der Waals surface area (Å²) < 4.78 is 0. The fourth-order valence-corrected chi connectivity index (χ4v) is 5.87. The van der Waals surface area contributed by atoms with Crippen molar-refractivity contribution in [3.8, 4) is 11.4 Å². The third-order valence-corrected chi connectivity index (χ3v) is 8.43. The van der Waals surface area contributed by atoms with E-state index in [0.717, 1.165) is 35.9 Å². The van der Waals surface area contributed by atoms with Gasteiger partial charge in [0, 0.05) is 59.9 Å². The largest absolute Gasteiger partial charge is 0.368 e. The molecule has 1 saturated heterocycles. The van der Waals surface area contributed by atoms with Gasteiger partial charge >= 0.3 is 0 Å². The van der Waals surface area contributed by atoms with Crippen molar-refractivity contribution in [2.75, 3.05) is 30.4 Å². The molecule has 2 atom stereocenters. The number of H-pyrrole nitrogens is 1. The smallest absolute Gasteiger partial charge is 0.257 e. The lowest BCUT2D eigenvalue weighted by atomic mass is 10.1. The molecule has 6 nitrogen and oxygen atoms in total. The van der Waals surface area contributed by atoms with Crippen LogP contribution in [0.2, 0.25) is 10.0 Å². The Hall–Kier alpha value is -2.54. The number of rotatable bonds is 5. The highest BCUT2D eigenvalue weighted by Gasteiger charge is 2.27. The fraction of sp³-hybridized carbons (Fsp3) is 0.429. The molecule has 2 aromatic carbocycles. The maximum absolute atomic E-state index is 13.1. The van der Waals surface area contributed by atoms with E-state index in [4.69, 9.17) is 23.2 Å². The molecule has 1 aliphatic carbocycles. The zero-order valence-electron chi connectivity index (χ0n) is 21.0. The Labute approximate surface area is 223 Å². The minimum Gasteiger partial charge on any atom is -0.368 e. The molecule has 1 aliphatic heterocycles. The van der Waals surface area contributed by atoms with Gasteiger partial charge in [0.1, 0.15) is 5.82 Å². The van der Waals surface area contributed by atoms with E-state index in [1.54, 1.807) is 18.2 Å². The van der Waals surface area contributed by atoms with E-state index < -0.39 is 0 Å². The van der Waals surface area contributed by atoms with Crippen molar-refractivity contribution in [2.45, 2.75) is 57.5 Å². The van der Waals surface area contributed by atoms with E-state index in [9.17, 15) is 4.79 Å². The molecule has 1 amide bonds. The van der Waals surface area contributed by atoms with Gasteiger partial charge in [-0.1, -0.05) is 36.0 Å². The predicted molar refractivity (Wildman–Crippen MR) is 149 cm³/mol. The minimum atomic E-state index is -0.258. The quantitative estimate of drug-likeness (QED) is 0.383. The molecule has 1 saturated carbocycles. The molecular weight excluding hydrogens is 493 g/mol. The lowest BCUT2D eigenvalue weighted by molar-refractivity contribution is 0.102. The third kappa shape index (κ3) is 5.13. The molecule has 0 unspecified atom stereocenters. The van der Waals surface area contributed by atoms with Crippen LogP contribution in [0.4, 0.5) is 11.4 Å². The second kappa shape index (κ2) is 10.4. The Kier molecular flexibility index (Phi) is 7.29. The van der Waals surface area contributed by atoms with Crippen LogP contribution in [0.5, 0.6) is 0 Å². The molecule has 2 N–H and O–H groups in total. The summed E-state index contributed by atoms with van der Waals surface area (Å²) in [6.45, 7) is 6.30. The summed E-state index contributed by atoms with van der Waals surface area (Å²) in [5.74, 6) is 0.998. The lowest BCUT2D eigenvalue weighted by Crippen LogP contribution is -2.55. The Morgan fingerprint density at radius 3 is 2.44 bits per heavy atom. The van der Waals surface area contributed by atoms with Crippen molar-refractivity contribution in [3.63, 3.8) is 0 Å². The van der Waals surface area contributed by atoms with Crippen LogP contribution in [0.15, 0.2) is 42.6 Å². The number of nitrogens with zero attached hydrogens (tertiary/aromatic N) is 3. The monoisotopic (exact) mass is 525 g/mol. The molecule has 36 heavy (non-hydrogen) atoms. The zero-order valence-corrected chi connectivity index (χ0v) is 22.5. The van der Waals surface area contributed by atoms with Crippen LogP contribution in [0.25, 0.3) is 11.4 Å². The van der Waals surface area contributed by atoms with E-state index in [1.165, 1.54) is 25.7 Å². The molecule has 190 valence electrons. The number of halogens is 2. The molecule has 0 spiro atoms. The minimum absolute atomic E-state index is 0.258. The van der Waals surface area contributed by atoms with E-state index in [0.29, 0.717) is 39.3 Å². The van der Waals surface area contributed by atoms with Crippen molar-refractivity contribution < 1.29 is 4.79 Å². The van der Waals surface area contributed by atoms with Gasteiger partial charge < -0.3 is 15.2 Å². The Balaban J connectivity index is 1.31. The maximum atomic E-state index is 13.1. The van der Waals surface area contributed by atoms with Gasteiger partial charge in [-0.15, -0.1) is 0 Å². The molecule has 8 heteroatoms. The first-order valence-electron chi connectivity index (χ1n) is 12.7. The van der Waals surface area contributed by atoms with Gasteiger partial charge in [-0.05, 0) is 70.1 Å². The second-order valence-corrected chi connectivity index (χ2v) is 11.1. The highest BCUT2D eigenvalue weighted by molar-refractivity contribution is 6.35. The molecule has 2 heterocycles. The van der Waals surface area contributed by atoms with Crippen LogP contribution >= 0.6 is 23.2 Å². The number of benzene rings is 2. The van der Waals surface area contributed by atoms with E-state index in [1.807, 2.05) is 24.4 Å². The summed E-state index contributed by atoms with van der Waals surface area (Å²) in [6, 6.07) is 12.0. The van der Waals surface area contributed by atoms with Gasteiger partial charge in [-0.25, -0.2) is 4.98 Å². The number of hydrogen-bond donors (Lipinski definition) is 2. The highest BCUT2D eigenvalue weighted by Crippen LogP contribution is 2.36. The SMILES string of the molecule is C[C@@H]1CN(c2ccc(C(=O)Nc3ccc(Cl)c(-c4ncc(C5CCCC5)[nH]4)c3)c(Cl)c2)C[C@H](C)N1C. The van der Waals surface area contributed by atoms with Crippen molar-refractivity contribution >= 4 is 40.5 Å². The molecule has 2 aliphatic rings. The van der Waals surface area contributed by atoms with E-state index in [-0.39, 0.29) is 5.91 Å². The number of anilines is 2. The number of aromatic amines is 1. The summed E-state index contributed by atoms with van der Waals surface area (Å²) >= 11 is 13.1. The zero-order chi connectivity index (χ0) is 25.4. The first-order valence-corrected chi connectivity index (χ1v) is 13.5. The number of amides is 1. The van der Waals surface area contributed by atoms with Crippen molar-refractivity contribution in [3.05, 3.63) is 63.9 Å². The number of aromatic nitrogens is 2. The summed E-state index contributed by atoms with van der Waals surface area (Å²) in [5, 5.41) is 3.99. The van der Waals surface area contributed by atoms with Crippen LogP contribution in [-0.2, 0) is 0 Å². The van der Waals surface area contributed by atoms with Crippen molar-refractivity contribution in [1.29, 1.82) is 0 Å². The van der Waals surface area contributed by atoms with Crippen LogP contribution in [-0.4, -0.2) is 53.0 Å². The Morgan fingerprint density at radius 2 is 1.75 bits per heavy atom. The Morgan fingerprint density at radius 1 is 1.03 bits per heavy atom. The number of hydrogen-bond acceptors (Lipinski definition) is 4. The van der Waals surface area contributed by atoms with Gasteiger partial charge in [0.2, 0.25) is 0 Å². The number of imidazole rings is 1. The number of carbonyl (C=O) groups is 1. The van der Waals surface area contributed by atoms with Crippen molar-refractivity contribution in [1.82, 2.24) is 14.9 Å². The summed E-state index contributed by atoms with van der Waals surface area (Å²) in [4.78, 5) is 25.8. The number of piperazine rings is 1. The molecule has 0 bridgehead atoms. The maximum Gasteiger partial charge on any atom is 0.257 e. The predicted octanol–water partition coefficient (Wildman–Crippen LogP) is 6.82. The average molecular weight is 527 g/mol. The topological polar surface area (TPSA) is 64.3 Å². The van der Waals surface area contributed by atoms with Gasteiger partial charge in [0.05, 0.1) is 15.6 Å². The normalized spacial score (nSPS) is 21.2. The van der Waals surface area contributed by atoms with Gasteiger partial charge in [0.15, 0.2) is 0 Å². The van der Waals surface area contributed by atoms with Gasteiger partial charge in [-0.3, -0.25) is 9.69 Å². The number of nitrogens with one attached hydrogen (secondary N) is 2. The first-order chi connectivity index (χ1) is 17.3. The van der Waals surface area contributed by atoms with Crippen LogP contribution < -0.4 is 10.2 Å². The molecule has 0 radical (unpaired) electrons. The van der Waals surface area contributed by atoms with Crippen LogP contribution in [0, 0.1) is 0 Å². The van der Waals surface area contributed by atoms with Crippen LogP contribution in [0.3, 0.4) is 0 Å². The molecule has 2 fully saturated rings. The van der Waals surface area contributed by atoms with E-state index in [2.05, 4.69) is 46.0 Å². The third-order valence-electron chi connectivity index (χ3n) is 7.79. The molecule has 5 rings (SSSR count). The van der Waals surface area contributed by atoms with Gasteiger partial charge in [-0.2, -0.15) is 0 Å². The summed E-state index contributed by atoms with van der Waals surface area (Å²) in [7, 11) is 2.16. The molecule has 1 aromatic heterocycles. The lowest BCUT2D eigenvalue weighted by Gasteiger charge is -2.43.